The summed E-state index contributed by atoms with van der Waals surface area (Å²) in [5.74, 6) is -0.244. The summed E-state index contributed by atoms with van der Waals surface area (Å²) in [6.07, 6.45) is -4.30. The zero-order chi connectivity index (χ0) is 13.3. The van der Waals surface area contributed by atoms with Crippen LogP contribution in [0.5, 0.6) is 5.88 Å². The third-order valence-corrected chi connectivity index (χ3v) is 2.25. The molecule has 2 aromatic rings. The van der Waals surface area contributed by atoms with Gasteiger partial charge >= 0.3 is 12.3 Å². The van der Waals surface area contributed by atoms with Crippen LogP contribution in [0, 0.1) is 0 Å². The van der Waals surface area contributed by atoms with Gasteiger partial charge in [0.05, 0.1) is 5.56 Å². The molecule has 0 spiro atoms. The van der Waals surface area contributed by atoms with Crippen molar-refractivity contribution in [2.24, 2.45) is 5.73 Å². The molecule has 1 amide bonds. The largest absolute Gasteiger partial charge is 0.416 e. The van der Waals surface area contributed by atoms with E-state index in [-0.39, 0.29) is 11.3 Å². The average Bonchev–Trinajstić information content (AvgIpc) is 2.27. The van der Waals surface area contributed by atoms with Crippen molar-refractivity contribution in [1.82, 2.24) is 4.98 Å². The Balaban J connectivity index is 2.62. The van der Waals surface area contributed by atoms with Crippen LogP contribution in [0.2, 0.25) is 0 Å². The number of ether oxygens (including phenoxy) is 1. The molecule has 0 unspecified atom stereocenters. The maximum atomic E-state index is 12.6. The Morgan fingerprint density at radius 3 is 2.61 bits per heavy atom. The molecule has 2 N–H and O–H groups in total. The number of benzene rings is 1. The van der Waals surface area contributed by atoms with E-state index in [1.807, 2.05) is 0 Å². The Bertz CT molecular complexity index is 611. The normalized spacial score (nSPS) is 11.5. The van der Waals surface area contributed by atoms with Crippen molar-refractivity contribution < 1.29 is 22.7 Å². The number of primary amides is 1. The number of amides is 1. The Labute approximate surface area is 99.2 Å². The number of aromatic nitrogens is 1. The summed E-state index contributed by atoms with van der Waals surface area (Å²) in [6.45, 7) is 0. The van der Waals surface area contributed by atoms with Gasteiger partial charge in [0.25, 0.3) is 0 Å². The molecule has 1 aromatic carbocycles. The lowest BCUT2D eigenvalue weighted by Gasteiger charge is -2.09. The number of nitrogens with two attached hydrogens (primary N) is 1. The third-order valence-electron chi connectivity index (χ3n) is 2.25. The van der Waals surface area contributed by atoms with Crippen molar-refractivity contribution >= 4 is 16.9 Å². The maximum absolute atomic E-state index is 12.6. The fourth-order valence-electron chi connectivity index (χ4n) is 1.49. The summed E-state index contributed by atoms with van der Waals surface area (Å²) in [5, 5.41) is 0.542. The van der Waals surface area contributed by atoms with Gasteiger partial charge in [-0.05, 0) is 23.6 Å². The smallest absolute Gasteiger partial charge is 0.391 e. The molecular formula is C11H7F3N2O2. The van der Waals surface area contributed by atoms with Crippen LogP contribution in [-0.2, 0) is 6.18 Å². The van der Waals surface area contributed by atoms with Crippen molar-refractivity contribution in [2.75, 3.05) is 0 Å². The first-order valence-corrected chi connectivity index (χ1v) is 4.81. The van der Waals surface area contributed by atoms with Crippen LogP contribution in [0.4, 0.5) is 18.0 Å². The van der Waals surface area contributed by atoms with E-state index in [1.165, 1.54) is 18.3 Å². The molecule has 18 heavy (non-hydrogen) atoms. The van der Waals surface area contributed by atoms with E-state index in [0.29, 0.717) is 5.39 Å². The molecular weight excluding hydrogens is 249 g/mol. The molecule has 0 aliphatic heterocycles. The molecule has 0 aliphatic carbocycles. The van der Waals surface area contributed by atoms with Crippen LogP contribution < -0.4 is 10.5 Å². The van der Waals surface area contributed by atoms with Crippen LogP contribution in [0.15, 0.2) is 30.5 Å². The Kier molecular flexibility index (Phi) is 2.82. The molecule has 0 aliphatic rings. The van der Waals surface area contributed by atoms with Gasteiger partial charge in [-0.3, -0.25) is 0 Å². The van der Waals surface area contributed by atoms with Crippen molar-refractivity contribution in [3.8, 4) is 5.88 Å². The minimum absolute atomic E-state index is 0.0751. The molecule has 0 bridgehead atoms. The first-order chi connectivity index (χ1) is 8.38. The number of hydrogen-bond acceptors (Lipinski definition) is 3. The zero-order valence-corrected chi connectivity index (χ0v) is 8.86. The van der Waals surface area contributed by atoms with Gasteiger partial charge in [-0.25, -0.2) is 9.78 Å². The number of pyridine rings is 1. The van der Waals surface area contributed by atoms with E-state index in [9.17, 15) is 18.0 Å². The van der Waals surface area contributed by atoms with Crippen LogP contribution >= 0.6 is 0 Å². The highest BCUT2D eigenvalue weighted by Gasteiger charge is 2.30. The van der Waals surface area contributed by atoms with Crippen LogP contribution in [0.25, 0.3) is 10.8 Å². The minimum atomic E-state index is -4.48. The predicted molar refractivity (Wildman–Crippen MR) is 57.0 cm³/mol. The zero-order valence-electron chi connectivity index (χ0n) is 8.86. The van der Waals surface area contributed by atoms with Crippen molar-refractivity contribution in [2.45, 2.75) is 6.18 Å². The van der Waals surface area contributed by atoms with E-state index in [2.05, 4.69) is 9.72 Å². The van der Waals surface area contributed by atoms with E-state index in [1.54, 1.807) is 0 Å². The fourth-order valence-corrected chi connectivity index (χ4v) is 1.49. The summed E-state index contributed by atoms with van der Waals surface area (Å²) in [4.78, 5) is 14.3. The lowest BCUT2D eigenvalue weighted by atomic mass is 10.1. The van der Waals surface area contributed by atoms with Gasteiger partial charge in [0.15, 0.2) is 0 Å². The summed E-state index contributed by atoms with van der Waals surface area (Å²) >= 11 is 0. The molecule has 0 radical (unpaired) electrons. The second kappa shape index (κ2) is 4.17. The van der Waals surface area contributed by atoms with Crippen LogP contribution in [0.3, 0.4) is 0 Å². The lowest BCUT2D eigenvalue weighted by Crippen LogP contribution is -2.17. The lowest BCUT2D eigenvalue weighted by molar-refractivity contribution is -0.137. The van der Waals surface area contributed by atoms with E-state index < -0.39 is 17.8 Å². The van der Waals surface area contributed by atoms with E-state index >= 15 is 0 Å². The highest BCUT2D eigenvalue weighted by Crippen LogP contribution is 2.33. The molecule has 0 fully saturated rings. The van der Waals surface area contributed by atoms with Crippen LogP contribution in [0.1, 0.15) is 5.56 Å². The van der Waals surface area contributed by atoms with E-state index in [0.717, 1.165) is 12.1 Å². The topological polar surface area (TPSA) is 65.2 Å². The van der Waals surface area contributed by atoms with Crippen molar-refractivity contribution in [1.29, 1.82) is 0 Å². The predicted octanol–water partition coefficient (Wildman–Crippen LogP) is 2.71. The minimum Gasteiger partial charge on any atom is -0.391 e. The highest BCUT2D eigenvalue weighted by molar-refractivity contribution is 5.89. The SMILES string of the molecule is NC(=O)Oc1nccc2ccc(C(F)(F)F)cc12. The maximum Gasteiger partial charge on any atom is 0.416 e. The molecule has 2 rings (SSSR count). The number of alkyl halides is 3. The summed E-state index contributed by atoms with van der Waals surface area (Å²) < 4.78 is 42.2. The molecule has 1 heterocycles. The molecule has 1 aromatic heterocycles. The Morgan fingerprint density at radius 1 is 1.28 bits per heavy atom. The number of fused-ring (bicyclic) bond motifs is 1. The molecule has 0 atom stereocenters. The number of halogens is 3. The van der Waals surface area contributed by atoms with E-state index in [4.69, 9.17) is 5.73 Å². The van der Waals surface area contributed by atoms with Gasteiger partial charge < -0.3 is 10.5 Å². The standard InChI is InChI=1S/C11H7F3N2O2/c12-11(13,14)7-2-1-6-3-4-16-9(8(6)5-7)18-10(15)17/h1-5H,(H2,15,17). The van der Waals surface area contributed by atoms with Gasteiger partial charge in [0.1, 0.15) is 0 Å². The van der Waals surface area contributed by atoms with Crippen LogP contribution in [-0.4, -0.2) is 11.1 Å². The fraction of sp³-hybridized carbons (Fsp3) is 0.0909. The molecule has 7 heteroatoms. The number of hydrogen-bond donors (Lipinski definition) is 1. The molecule has 0 saturated carbocycles. The van der Waals surface area contributed by atoms with Gasteiger partial charge in [-0.1, -0.05) is 6.07 Å². The van der Waals surface area contributed by atoms with Gasteiger partial charge in [-0.2, -0.15) is 13.2 Å². The Morgan fingerprint density at radius 2 is 2.00 bits per heavy atom. The van der Waals surface area contributed by atoms with Gasteiger partial charge in [-0.15, -0.1) is 0 Å². The van der Waals surface area contributed by atoms with Crippen molar-refractivity contribution in [3.05, 3.63) is 36.0 Å². The highest BCUT2D eigenvalue weighted by atomic mass is 19.4. The molecule has 4 nitrogen and oxygen atoms in total. The number of rotatable bonds is 1. The number of nitrogens with zero attached hydrogens (tertiary/aromatic N) is 1. The summed E-state index contributed by atoms with van der Waals surface area (Å²) in [5.41, 5.74) is 3.97. The van der Waals surface area contributed by atoms with Gasteiger partial charge in [0.2, 0.25) is 5.88 Å². The Hall–Kier alpha value is -2.31. The second-order valence-electron chi connectivity index (χ2n) is 3.47. The molecule has 0 saturated heterocycles. The first kappa shape index (κ1) is 12.2. The van der Waals surface area contributed by atoms with Crippen molar-refractivity contribution in [3.63, 3.8) is 0 Å². The molecule has 94 valence electrons. The number of carbonyl (C=O) groups excluding carboxylic acids is 1. The summed E-state index contributed by atoms with van der Waals surface area (Å²) in [6, 6.07) is 4.58. The average molecular weight is 256 g/mol. The second-order valence-corrected chi connectivity index (χ2v) is 3.47. The first-order valence-electron chi connectivity index (χ1n) is 4.81. The van der Waals surface area contributed by atoms with Gasteiger partial charge in [0, 0.05) is 11.6 Å². The monoisotopic (exact) mass is 256 g/mol. The number of carbonyl (C=O) groups is 1. The quantitative estimate of drug-likeness (QED) is 0.853. The summed E-state index contributed by atoms with van der Waals surface area (Å²) in [7, 11) is 0. The third kappa shape index (κ3) is 2.34.